The van der Waals surface area contributed by atoms with Crippen molar-refractivity contribution in [3.05, 3.63) is 115 Å². The second-order valence-corrected chi connectivity index (χ2v) is 8.45. The summed E-state index contributed by atoms with van der Waals surface area (Å²) in [4.78, 5) is 24.9. The highest BCUT2D eigenvalue weighted by Gasteiger charge is 2.20. The molecule has 0 bridgehead atoms. The zero-order valence-corrected chi connectivity index (χ0v) is 18.9. The number of carboxylic acid groups (broad SMARTS) is 1. The van der Waals surface area contributed by atoms with Gasteiger partial charge in [0.15, 0.2) is 0 Å². The van der Waals surface area contributed by atoms with E-state index in [9.17, 15) is 14.7 Å². The lowest BCUT2D eigenvalue weighted by molar-refractivity contribution is 0.0694. The average molecular weight is 466 g/mol. The number of fused-ring (bicyclic) bond motifs is 1. The van der Waals surface area contributed by atoms with Gasteiger partial charge in [-0.25, -0.2) is 4.79 Å². The van der Waals surface area contributed by atoms with Crippen molar-refractivity contribution in [1.29, 1.82) is 0 Å². The Kier molecular flexibility index (Phi) is 6.35. The summed E-state index contributed by atoms with van der Waals surface area (Å²) in [6.45, 7) is 2.04. The molecule has 4 rings (SSSR count). The number of halogens is 2. The van der Waals surface area contributed by atoms with Crippen LogP contribution in [0.1, 0.15) is 46.4 Å². The number of rotatable bonds is 6. The lowest BCUT2D eigenvalue weighted by Gasteiger charge is -2.23. The summed E-state index contributed by atoms with van der Waals surface area (Å²) in [7, 11) is 0. The summed E-state index contributed by atoms with van der Waals surface area (Å²) in [5.74, 6) is -1.24. The molecule has 0 saturated carbocycles. The first-order valence-corrected chi connectivity index (χ1v) is 11.0. The molecule has 1 unspecified atom stereocenters. The van der Waals surface area contributed by atoms with Crippen LogP contribution in [0.2, 0.25) is 10.0 Å². The first-order valence-electron chi connectivity index (χ1n) is 10.3. The monoisotopic (exact) mass is 465 g/mol. The van der Waals surface area contributed by atoms with Gasteiger partial charge >= 0.3 is 5.97 Å². The van der Waals surface area contributed by atoms with Crippen molar-refractivity contribution in [1.82, 2.24) is 4.57 Å². The molecule has 4 aromatic rings. The maximum absolute atomic E-state index is 13.1. The SMILES string of the molecule is CCC(c1ccccc1)n1cc(C(=O)O)c(=O)c2cc(Cc3cccc(Cl)c3Cl)ccc21. The van der Waals surface area contributed by atoms with E-state index in [2.05, 4.69) is 0 Å². The topological polar surface area (TPSA) is 59.3 Å². The largest absolute Gasteiger partial charge is 0.477 e. The first-order chi connectivity index (χ1) is 15.4. The molecular formula is C26H21Cl2NO3. The molecule has 162 valence electrons. The Bertz CT molecular complexity index is 1360. The molecule has 4 nitrogen and oxygen atoms in total. The third-order valence-electron chi connectivity index (χ3n) is 5.66. The molecule has 0 aliphatic carbocycles. The van der Waals surface area contributed by atoms with Crippen molar-refractivity contribution in [2.75, 3.05) is 0 Å². The molecule has 3 aromatic carbocycles. The van der Waals surface area contributed by atoms with E-state index in [1.165, 1.54) is 6.20 Å². The zero-order valence-electron chi connectivity index (χ0n) is 17.4. The number of hydrogen-bond donors (Lipinski definition) is 1. The summed E-state index contributed by atoms with van der Waals surface area (Å²) in [6, 6.07) is 20.8. The van der Waals surface area contributed by atoms with Crippen LogP contribution in [-0.2, 0) is 6.42 Å². The molecule has 1 aromatic heterocycles. The maximum atomic E-state index is 13.1. The van der Waals surface area contributed by atoms with Crippen molar-refractivity contribution < 1.29 is 9.90 Å². The predicted molar refractivity (Wildman–Crippen MR) is 129 cm³/mol. The van der Waals surface area contributed by atoms with Crippen LogP contribution in [-0.4, -0.2) is 15.6 Å². The standard InChI is InChI=1S/C26H21Cl2NO3/c1-2-22(17-7-4-3-5-8-17)29-15-20(26(31)32)25(30)19-14-16(11-12-23(19)29)13-18-9-6-10-21(27)24(18)28/h3-12,14-15,22H,2,13H2,1H3,(H,31,32). The van der Waals surface area contributed by atoms with Gasteiger partial charge in [-0.15, -0.1) is 0 Å². The lowest BCUT2D eigenvalue weighted by Crippen LogP contribution is -2.21. The van der Waals surface area contributed by atoms with Crippen LogP contribution >= 0.6 is 23.2 Å². The third kappa shape index (κ3) is 4.16. The van der Waals surface area contributed by atoms with Crippen molar-refractivity contribution in [3.8, 4) is 0 Å². The van der Waals surface area contributed by atoms with Crippen LogP contribution in [0.5, 0.6) is 0 Å². The predicted octanol–water partition coefficient (Wildman–Crippen LogP) is 6.60. The third-order valence-corrected chi connectivity index (χ3v) is 6.52. The fourth-order valence-corrected chi connectivity index (χ4v) is 4.48. The van der Waals surface area contributed by atoms with Gasteiger partial charge in [-0.1, -0.05) is 78.7 Å². The van der Waals surface area contributed by atoms with E-state index in [1.54, 1.807) is 12.1 Å². The number of nitrogens with zero attached hydrogens (tertiary/aromatic N) is 1. The van der Waals surface area contributed by atoms with Crippen LogP contribution in [0.15, 0.2) is 77.7 Å². The maximum Gasteiger partial charge on any atom is 0.341 e. The Hall–Kier alpha value is -3.08. The second kappa shape index (κ2) is 9.19. The molecule has 6 heteroatoms. The summed E-state index contributed by atoms with van der Waals surface area (Å²) in [5, 5.41) is 11.0. The van der Waals surface area contributed by atoms with E-state index in [0.29, 0.717) is 27.4 Å². The quantitative estimate of drug-likeness (QED) is 0.349. The number of benzene rings is 3. The summed E-state index contributed by atoms with van der Waals surface area (Å²) in [5.41, 5.74) is 2.68. The summed E-state index contributed by atoms with van der Waals surface area (Å²) in [6.07, 6.45) is 2.67. The van der Waals surface area contributed by atoms with Gasteiger partial charge in [-0.3, -0.25) is 4.79 Å². The number of aromatic nitrogens is 1. The molecule has 32 heavy (non-hydrogen) atoms. The minimum atomic E-state index is -1.24. The molecule has 0 aliphatic heterocycles. The van der Waals surface area contributed by atoms with Crippen molar-refractivity contribution in [3.63, 3.8) is 0 Å². The van der Waals surface area contributed by atoms with Gasteiger partial charge in [-0.2, -0.15) is 0 Å². The highest BCUT2D eigenvalue weighted by Crippen LogP contribution is 2.30. The van der Waals surface area contributed by atoms with Crippen LogP contribution < -0.4 is 5.43 Å². The molecular weight excluding hydrogens is 445 g/mol. The zero-order chi connectivity index (χ0) is 22.8. The fraction of sp³-hybridized carbons (Fsp3) is 0.154. The smallest absolute Gasteiger partial charge is 0.341 e. The van der Waals surface area contributed by atoms with Gasteiger partial charge in [0.05, 0.1) is 21.6 Å². The molecule has 0 radical (unpaired) electrons. The Balaban J connectivity index is 1.90. The molecule has 0 amide bonds. The number of carbonyl (C=O) groups is 1. The summed E-state index contributed by atoms with van der Waals surface area (Å²) >= 11 is 12.5. The lowest BCUT2D eigenvalue weighted by atomic mass is 9.99. The van der Waals surface area contributed by atoms with Crippen LogP contribution in [0, 0.1) is 0 Å². The Morgan fingerprint density at radius 3 is 2.47 bits per heavy atom. The average Bonchev–Trinajstić information content (AvgIpc) is 2.79. The Morgan fingerprint density at radius 2 is 1.78 bits per heavy atom. The van der Waals surface area contributed by atoms with E-state index < -0.39 is 11.4 Å². The molecule has 0 saturated heterocycles. The molecule has 1 N–H and O–H groups in total. The van der Waals surface area contributed by atoms with E-state index in [1.807, 2.05) is 66.1 Å². The van der Waals surface area contributed by atoms with Gasteiger partial charge in [0.25, 0.3) is 0 Å². The van der Waals surface area contributed by atoms with Crippen LogP contribution in [0.3, 0.4) is 0 Å². The second-order valence-electron chi connectivity index (χ2n) is 7.66. The molecule has 1 atom stereocenters. The van der Waals surface area contributed by atoms with E-state index in [-0.39, 0.29) is 11.6 Å². The van der Waals surface area contributed by atoms with Gasteiger partial charge in [0, 0.05) is 11.6 Å². The fourth-order valence-electron chi connectivity index (χ4n) is 4.10. The highest BCUT2D eigenvalue weighted by molar-refractivity contribution is 6.42. The minimum Gasteiger partial charge on any atom is -0.477 e. The van der Waals surface area contributed by atoms with E-state index in [0.717, 1.165) is 23.1 Å². The molecule has 1 heterocycles. The highest BCUT2D eigenvalue weighted by atomic mass is 35.5. The normalized spacial score (nSPS) is 12.1. The van der Waals surface area contributed by atoms with Crippen molar-refractivity contribution in [2.45, 2.75) is 25.8 Å². The van der Waals surface area contributed by atoms with Crippen molar-refractivity contribution in [2.24, 2.45) is 0 Å². The molecule has 0 spiro atoms. The molecule has 0 fully saturated rings. The number of aromatic carboxylic acids is 1. The minimum absolute atomic E-state index is 0.106. The van der Waals surface area contributed by atoms with E-state index >= 15 is 0 Å². The number of pyridine rings is 1. The summed E-state index contributed by atoms with van der Waals surface area (Å²) < 4.78 is 1.89. The first kappa shape index (κ1) is 22.1. The number of hydrogen-bond acceptors (Lipinski definition) is 2. The van der Waals surface area contributed by atoms with Gasteiger partial charge in [0.2, 0.25) is 5.43 Å². The Morgan fingerprint density at radius 1 is 1.03 bits per heavy atom. The van der Waals surface area contributed by atoms with E-state index in [4.69, 9.17) is 23.2 Å². The van der Waals surface area contributed by atoms with Crippen LogP contribution in [0.25, 0.3) is 10.9 Å². The van der Waals surface area contributed by atoms with Crippen molar-refractivity contribution >= 4 is 40.1 Å². The van der Waals surface area contributed by atoms with Gasteiger partial charge in [-0.05, 0) is 47.7 Å². The van der Waals surface area contributed by atoms with Gasteiger partial charge in [0.1, 0.15) is 5.56 Å². The van der Waals surface area contributed by atoms with Gasteiger partial charge < -0.3 is 9.67 Å². The van der Waals surface area contributed by atoms with Crippen LogP contribution in [0.4, 0.5) is 0 Å². The Labute approximate surface area is 195 Å². The molecule has 0 aliphatic rings. The number of carboxylic acids is 1.